The SMILES string of the molecule is CCCS(=O)(=O)N(C)CCc1nc2c(C)cccc2[nH]1. The molecule has 2 aromatic rings. The van der Waals surface area contributed by atoms with E-state index < -0.39 is 10.0 Å². The number of aromatic amines is 1. The summed E-state index contributed by atoms with van der Waals surface area (Å²) in [6.45, 7) is 4.33. The lowest BCUT2D eigenvalue weighted by atomic mass is 10.2. The zero-order valence-electron chi connectivity index (χ0n) is 12.2. The molecule has 0 saturated heterocycles. The monoisotopic (exact) mass is 295 g/mol. The summed E-state index contributed by atoms with van der Waals surface area (Å²) in [6, 6.07) is 5.98. The van der Waals surface area contributed by atoms with E-state index >= 15 is 0 Å². The Morgan fingerprint density at radius 1 is 1.35 bits per heavy atom. The van der Waals surface area contributed by atoms with Gasteiger partial charge in [0.1, 0.15) is 5.82 Å². The van der Waals surface area contributed by atoms with Crippen molar-refractivity contribution in [2.24, 2.45) is 0 Å². The molecule has 0 aliphatic rings. The van der Waals surface area contributed by atoms with Crippen LogP contribution in [0.1, 0.15) is 24.7 Å². The van der Waals surface area contributed by atoms with Gasteiger partial charge in [0.05, 0.1) is 16.8 Å². The molecule has 5 nitrogen and oxygen atoms in total. The Hall–Kier alpha value is -1.40. The molecule has 0 unspecified atom stereocenters. The quantitative estimate of drug-likeness (QED) is 0.887. The Bertz CT molecular complexity index is 692. The van der Waals surface area contributed by atoms with E-state index in [9.17, 15) is 8.42 Å². The minimum absolute atomic E-state index is 0.197. The van der Waals surface area contributed by atoms with Crippen molar-refractivity contribution in [3.63, 3.8) is 0 Å². The van der Waals surface area contributed by atoms with Crippen LogP contribution in [-0.4, -0.2) is 42.0 Å². The molecule has 0 spiro atoms. The van der Waals surface area contributed by atoms with E-state index in [1.807, 2.05) is 32.0 Å². The van der Waals surface area contributed by atoms with Gasteiger partial charge < -0.3 is 4.98 Å². The Morgan fingerprint density at radius 2 is 2.10 bits per heavy atom. The van der Waals surface area contributed by atoms with E-state index in [1.54, 1.807) is 7.05 Å². The van der Waals surface area contributed by atoms with Crippen molar-refractivity contribution in [2.45, 2.75) is 26.7 Å². The third-order valence-electron chi connectivity index (χ3n) is 3.36. The lowest BCUT2D eigenvalue weighted by Crippen LogP contribution is -2.31. The van der Waals surface area contributed by atoms with Gasteiger partial charge in [-0.15, -0.1) is 0 Å². The van der Waals surface area contributed by atoms with Gasteiger partial charge in [-0.2, -0.15) is 0 Å². The van der Waals surface area contributed by atoms with Crippen LogP contribution in [0.3, 0.4) is 0 Å². The molecule has 0 radical (unpaired) electrons. The first-order valence-electron chi connectivity index (χ1n) is 6.82. The van der Waals surface area contributed by atoms with Gasteiger partial charge in [0.15, 0.2) is 0 Å². The van der Waals surface area contributed by atoms with Crippen molar-refractivity contribution in [1.82, 2.24) is 14.3 Å². The van der Waals surface area contributed by atoms with Crippen LogP contribution in [0.4, 0.5) is 0 Å². The van der Waals surface area contributed by atoms with Crippen molar-refractivity contribution in [3.8, 4) is 0 Å². The first-order valence-corrected chi connectivity index (χ1v) is 8.43. The average Bonchev–Trinajstić information content (AvgIpc) is 2.80. The molecule has 20 heavy (non-hydrogen) atoms. The third-order valence-corrected chi connectivity index (χ3v) is 5.42. The van der Waals surface area contributed by atoms with Gasteiger partial charge in [-0.05, 0) is 25.0 Å². The van der Waals surface area contributed by atoms with Crippen LogP contribution >= 0.6 is 0 Å². The number of hydrogen-bond donors (Lipinski definition) is 1. The second-order valence-electron chi connectivity index (χ2n) is 5.04. The van der Waals surface area contributed by atoms with E-state index in [2.05, 4.69) is 9.97 Å². The van der Waals surface area contributed by atoms with Gasteiger partial charge in [0.25, 0.3) is 0 Å². The molecule has 1 aromatic carbocycles. The number of para-hydroxylation sites is 1. The second kappa shape index (κ2) is 5.93. The zero-order chi connectivity index (χ0) is 14.8. The summed E-state index contributed by atoms with van der Waals surface area (Å²) in [5, 5.41) is 0. The van der Waals surface area contributed by atoms with Crippen molar-refractivity contribution < 1.29 is 8.42 Å². The first-order chi connectivity index (χ1) is 9.44. The number of H-pyrrole nitrogens is 1. The highest BCUT2D eigenvalue weighted by Crippen LogP contribution is 2.16. The highest BCUT2D eigenvalue weighted by Gasteiger charge is 2.16. The summed E-state index contributed by atoms with van der Waals surface area (Å²) in [5.41, 5.74) is 3.08. The minimum Gasteiger partial charge on any atom is -0.342 e. The van der Waals surface area contributed by atoms with E-state index in [0.717, 1.165) is 22.4 Å². The normalized spacial score (nSPS) is 12.4. The lowest BCUT2D eigenvalue weighted by Gasteiger charge is -2.15. The molecular formula is C14H21N3O2S. The molecule has 1 heterocycles. The number of imidazole rings is 1. The Balaban J connectivity index is 2.08. The second-order valence-corrected chi connectivity index (χ2v) is 7.24. The maximum Gasteiger partial charge on any atom is 0.213 e. The first kappa shape index (κ1) is 15.0. The number of nitrogens with one attached hydrogen (secondary N) is 1. The molecule has 0 fully saturated rings. The molecule has 110 valence electrons. The van der Waals surface area contributed by atoms with Gasteiger partial charge in [-0.25, -0.2) is 17.7 Å². The number of sulfonamides is 1. The summed E-state index contributed by atoms with van der Waals surface area (Å²) in [6.07, 6.45) is 1.23. The molecular weight excluding hydrogens is 274 g/mol. The third kappa shape index (κ3) is 3.19. The van der Waals surface area contributed by atoms with E-state index in [4.69, 9.17) is 0 Å². The molecule has 0 atom stereocenters. The Morgan fingerprint density at radius 3 is 2.75 bits per heavy atom. The van der Waals surface area contributed by atoms with Gasteiger partial charge in [0.2, 0.25) is 10.0 Å². The number of aromatic nitrogens is 2. The highest BCUT2D eigenvalue weighted by atomic mass is 32.2. The standard InChI is InChI=1S/C14H21N3O2S/c1-4-10-20(18,19)17(3)9-8-13-15-12-7-5-6-11(2)14(12)16-13/h5-7H,4,8-10H2,1-3H3,(H,15,16). The summed E-state index contributed by atoms with van der Waals surface area (Å²) in [7, 11) is -1.50. The van der Waals surface area contributed by atoms with Gasteiger partial charge in [-0.3, -0.25) is 0 Å². The number of rotatable bonds is 6. The number of benzene rings is 1. The molecule has 1 N–H and O–H groups in total. The van der Waals surface area contributed by atoms with Crippen LogP contribution in [0.2, 0.25) is 0 Å². The fourth-order valence-electron chi connectivity index (χ4n) is 2.16. The predicted octanol–water partition coefficient (Wildman–Crippen LogP) is 2.09. The minimum atomic E-state index is -3.13. The summed E-state index contributed by atoms with van der Waals surface area (Å²) < 4.78 is 25.2. The van der Waals surface area contributed by atoms with Gasteiger partial charge in [0, 0.05) is 20.0 Å². The predicted molar refractivity (Wildman–Crippen MR) is 81.2 cm³/mol. The molecule has 2 rings (SSSR count). The molecule has 0 bridgehead atoms. The lowest BCUT2D eigenvalue weighted by molar-refractivity contribution is 0.469. The fourth-order valence-corrected chi connectivity index (χ4v) is 3.36. The van der Waals surface area contributed by atoms with Crippen LogP contribution in [0.5, 0.6) is 0 Å². The van der Waals surface area contributed by atoms with Crippen molar-refractivity contribution in [2.75, 3.05) is 19.3 Å². The number of aryl methyl sites for hydroxylation is 1. The molecule has 0 amide bonds. The van der Waals surface area contributed by atoms with Crippen LogP contribution < -0.4 is 0 Å². The number of fused-ring (bicyclic) bond motifs is 1. The summed E-state index contributed by atoms with van der Waals surface area (Å²) in [5.74, 6) is 1.02. The summed E-state index contributed by atoms with van der Waals surface area (Å²) in [4.78, 5) is 7.78. The van der Waals surface area contributed by atoms with Crippen molar-refractivity contribution >= 4 is 21.1 Å². The zero-order valence-corrected chi connectivity index (χ0v) is 13.0. The molecule has 6 heteroatoms. The van der Waals surface area contributed by atoms with Gasteiger partial charge >= 0.3 is 0 Å². The largest absolute Gasteiger partial charge is 0.342 e. The van der Waals surface area contributed by atoms with E-state index in [-0.39, 0.29) is 5.75 Å². The van der Waals surface area contributed by atoms with E-state index in [0.29, 0.717) is 19.4 Å². The van der Waals surface area contributed by atoms with Crippen LogP contribution in [0, 0.1) is 6.92 Å². The maximum atomic E-state index is 11.9. The van der Waals surface area contributed by atoms with Gasteiger partial charge in [-0.1, -0.05) is 19.1 Å². The molecule has 0 saturated carbocycles. The molecule has 1 aromatic heterocycles. The van der Waals surface area contributed by atoms with Crippen molar-refractivity contribution in [1.29, 1.82) is 0 Å². The molecule has 0 aliphatic carbocycles. The van der Waals surface area contributed by atoms with Crippen LogP contribution in [0.25, 0.3) is 11.0 Å². The number of hydrogen-bond acceptors (Lipinski definition) is 3. The highest BCUT2D eigenvalue weighted by molar-refractivity contribution is 7.89. The van der Waals surface area contributed by atoms with Crippen LogP contribution in [-0.2, 0) is 16.4 Å². The fraction of sp³-hybridized carbons (Fsp3) is 0.500. The number of nitrogens with zero attached hydrogens (tertiary/aromatic N) is 2. The smallest absolute Gasteiger partial charge is 0.213 e. The van der Waals surface area contributed by atoms with E-state index in [1.165, 1.54) is 4.31 Å². The average molecular weight is 295 g/mol. The number of likely N-dealkylation sites (N-methyl/N-ethyl adjacent to an activating group) is 1. The van der Waals surface area contributed by atoms with Crippen molar-refractivity contribution in [3.05, 3.63) is 29.6 Å². The summed E-state index contributed by atoms with van der Waals surface area (Å²) >= 11 is 0. The Labute approximate surface area is 120 Å². The topological polar surface area (TPSA) is 66.1 Å². The van der Waals surface area contributed by atoms with Crippen LogP contribution in [0.15, 0.2) is 18.2 Å². The maximum absolute atomic E-state index is 11.9. The Kier molecular flexibility index (Phi) is 4.45. The molecule has 0 aliphatic heterocycles.